The number of sulfonamides is 1. The number of hydrogen-bond acceptors (Lipinski definition) is 6. The molecule has 0 atom stereocenters. The molecular formula is C15H19N3O4S. The lowest BCUT2D eigenvalue weighted by atomic mass is 10.3. The highest BCUT2D eigenvalue weighted by molar-refractivity contribution is 7.92. The number of anilines is 2. The minimum absolute atomic E-state index is 0.00453. The number of rotatable bonds is 7. The number of nitrogens with one attached hydrogen (secondary N) is 2. The molecule has 8 heteroatoms. The van der Waals surface area contributed by atoms with Crippen molar-refractivity contribution in [2.75, 3.05) is 30.8 Å². The lowest BCUT2D eigenvalue weighted by Gasteiger charge is -2.13. The predicted octanol–water partition coefficient (Wildman–Crippen LogP) is 2.33. The Balaban J connectivity index is 2.31. The van der Waals surface area contributed by atoms with Crippen LogP contribution in [0.3, 0.4) is 0 Å². The Kier molecular flexibility index (Phi) is 5.28. The second kappa shape index (κ2) is 7.19. The average molecular weight is 337 g/mol. The maximum Gasteiger partial charge on any atom is 0.265 e. The summed E-state index contributed by atoms with van der Waals surface area (Å²) in [6.45, 7) is 2.69. The zero-order chi connectivity index (χ0) is 16.9. The Morgan fingerprint density at radius 1 is 1.13 bits per heavy atom. The first-order valence-electron chi connectivity index (χ1n) is 6.95. The van der Waals surface area contributed by atoms with Gasteiger partial charge in [0.2, 0.25) is 0 Å². The fraction of sp³-hybridized carbons (Fsp3) is 0.267. The lowest BCUT2D eigenvalue weighted by Crippen LogP contribution is -2.14. The molecule has 1 aromatic carbocycles. The molecule has 0 aliphatic heterocycles. The van der Waals surface area contributed by atoms with Gasteiger partial charge in [0, 0.05) is 12.6 Å². The van der Waals surface area contributed by atoms with E-state index in [4.69, 9.17) is 9.47 Å². The maximum absolute atomic E-state index is 12.6. The molecule has 0 saturated carbocycles. The minimum atomic E-state index is -3.83. The first-order chi connectivity index (χ1) is 11.0. The molecule has 1 heterocycles. The number of aromatic nitrogens is 1. The van der Waals surface area contributed by atoms with Crippen LogP contribution in [-0.2, 0) is 10.0 Å². The van der Waals surface area contributed by atoms with Gasteiger partial charge in [-0.15, -0.1) is 0 Å². The SMILES string of the molecule is CCNc1ccc(NS(=O)(=O)c2cc(OC)ccc2OC)cn1. The van der Waals surface area contributed by atoms with Gasteiger partial charge in [0.15, 0.2) is 0 Å². The van der Waals surface area contributed by atoms with Crippen LogP contribution in [0.2, 0.25) is 0 Å². The van der Waals surface area contributed by atoms with Crippen molar-refractivity contribution in [2.24, 2.45) is 0 Å². The van der Waals surface area contributed by atoms with E-state index in [0.717, 1.165) is 6.54 Å². The van der Waals surface area contributed by atoms with Crippen molar-refractivity contribution in [3.63, 3.8) is 0 Å². The summed E-state index contributed by atoms with van der Waals surface area (Å²) in [5.74, 6) is 1.33. The third kappa shape index (κ3) is 4.04. The maximum atomic E-state index is 12.6. The zero-order valence-corrected chi connectivity index (χ0v) is 14.0. The van der Waals surface area contributed by atoms with Crippen molar-refractivity contribution in [3.8, 4) is 11.5 Å². The summed E-state index contributed by atoms with van der Waals surface area (Å²) in [4.78, 5) is 4.12. The standard InChI is InChI=1S/C15H19N3O4S/c1-4-16-15-8-5-11(10-17-15)18-23(19,20)14-9-12(21-2)6-7-13(14)22-3/h5-10,18H,4H2,1-3H3,(H,16,17). The summed E-state index contributed by atoms with van der Waals surface area (Å²) in [6.07, 6.45) is 1.45. The average Bonchev–Trinajstić information content (AvgIpc) is 2.56. The second-order valence-corrected chi connectivity index (χ2v) is 6.24. The minimum Gasteiger partial charge on any atom is -0.497 e. The van der Waals surface area contributed by atoms with E-state index in [1.165, 1.54) is 26.5 Å². The Bertz CT molecular complexity index is 761. The normalized spacial score (nSPS) is 10.9. The van der Waals surface area contributed by atoms with Gasteiger partial charge in [-0.05, 0) is 31.2 Å². The highest BCUT2D eigenvalue weighted by Gasteiger charge is 2.20. The van der Waals surface area contributed by atoms with Gasteiger partial charge in [0.25, 0.3) is 10.0 Å². The Morgan fingerprint density at radius 3 is 2.48 bits per heavy atom. The van der Waals surface area contributed by atoms with Crippen LogP contribution >= 0.6 is 0 Å². The molecule has 7 nitrogen and oxygen atoms in total. The van der Waals surface area contributed by atoms with Gasteiger partial charge in [-0.3, -0.25) is 4.72 Å². The molecule has 0 unspecified atom stereocenters. The molecule has 0 bridgehead atoms. The summed E-state index contributed by atoms with van der Waals surface area (Å²) < 4.78 is 37.8. The van der Waals surface area contributed by atoms with E-state index in [1.54, 1.807) is 24.3 Å². The number of hydrogen-bond donors (Lipinski definition) is 2. The Labute approximate surface area is 135 Å². The van der Waals surface area contributed by atoms with Crippen LogP contribution in [0.15, 0.2) is 41.4 Å². The van der Waals surface area contributed by atoms with E-state index in [9.17, 15) is 8.42 Å². The van der Waals surface area contributed by atoms with E-state index in [-0.39, 0.29) is 10.6 Å². The van der Waals surface area contributed by atoms with Crippen LogP contribution in [0.25, 0.3) is 0 Å². The molecule has 2 N–H and O–H groups in total. The van der Waals surface area contributed by atoms with Crippen molar-refractivity contribution in [3.05, 3.63) is 36.5 Å². The van der Waals surface area contributed by atoms with Gasteiger partial charge >= 0.3 is 0 Å². The third-order valence-electron chi connectivity index (χ3n) is 3.03. The van der Waals surface area contributed by atoms with Crippen LogP contribution in [0, 0.1) is 0 Å². The summed E-state index contributed by atoms with van der Waals surface area (Å²) >= 11 is 0. The van der Waals surface area contributed by atoms with Crippen LogP contribution in [0.5, 0.6) is 11.5 Å². The number of pyridine rings is 1. The Morgan fingerprint density at radius 2 is 1.91 bits per heavy atom. The molecule has 0 amide bonds. The molecular weight excluding hydrogens is 318 g/mol. The summed E-state index contributed by atoms with van der Waals surface area (Å²) in [5.41, 5.74) is 0.358. The van der Waals surface area contributed by atoms with Crippen molar-refractivity contribution in [1.29, 1.82) is 0 Å². The van der Waals surface area contributed by atoms with Gasteiger partial charge in [-0.2, -0.15) is 0 Å². The lowest BCUT2D eigenvalue weighted by molar-refractivity contribution is 0.392. The predicted molar refractivity (Wildman–Crippen MR) is 88.8 cm³/mol. The third-order valence-corrected chi connectivity index (χ3v) is 4.44. The topological polar surface area (TPSA) is 89.5 Å². The molecule has 2 rings (SSSR count). The highest BCUT2D eigenvalue weighted by atomic mass is 32.2. The molecule has 0 spiro atoms. The van der Waals surface area contributed by atoms with Crippen LogP contribution in [-0.4, -0.2) is 34.2 Å². The summed E-state index contributed by atoms with van der Waals surface area (Å²) in [7, 11) is -0.952. The summed E-state index contributed by atoms with van der Waals surface area (Å²) in [5, 5.41) is 3.04. The van der Waals surface area contributed by atoms with Crippen LogP contribution < -0.4 is 19.5 Å². The van der Waals surface area contributed by atoms with E-state index in [0.29, 0.717) is 17.3 Å². The highest BCUT2D eigenvalue weighted by Crippen LogP contribution is 2.29. The molecule has 2 aromatic rings. The molecule has 0 fully saturated rings. The molecule has 0 aliphatic rings. The first kappa shape index (κ1) is 16.9. The number of nitrogens with zero attached hydrogens (tertiary/aromatic N) is 1. The van der Waals surface area contributed by atoms with Crippen molar-refractivity contribution >= 4 is 21.5 Å². The van der Waals surface area contributed by atoms with Gasteiger partial charge in [-0.25, -0.2) is 13.4 Å². The largest absolute Gasteiger partial charge is 0.497 e. The molecule has 0 radical (unpaired) electrons. The number of benzene rings is 1. The van der Waals surface area contributed by atoms with E-state index >= 15 is 0 Å². The van der Waals surface area contributed by atoms with Crippen LogP contribution in [0.4, 0.5) is 11.5 Å². The fourth-order valence-electron chi connectivity index (χ4n) is 1.94. The summed E-state index contributed by atoms with van der Waals surface area (Å²) in [6, 6.07) is 7.91. The number of methoxy groups -OCH3 is 2. The zero-order valence-electron chi connectivity index (χ0n) is 13.2. The van der Waals surface area contributed by atoms with Crippen LogP contribution in [0.1, 0.15) is 6.92 Å². The molecule has 0 aliphatic carbocycles. The first-order valence-corrected chi connectivity index (χ1v) is 8.43. The molecule has 0 saturated heterocycles. The second-order valence-electron chi connectivity index (χ2n) is 4.58. The van der Waals surface area contributed by atoms with E-state index in [1.807, 2.05) is 6.92 Å². The van der Waals surface area contributed by atoms with Crippen molar-refractivity contribution < 1.29 is 17.9 Å². The Hall–Kier alpha value is -2.48. The van der Waals surface area contributed by atoms with Gasteiger partial charge in [0.1, 0.15) is 22.2 Å². The van der Waals surface area contributed by atoms with Crippen molar-refractivity contribution in [1.82, 2.24) is 4.98 Å². The number of ether oxygens (including phenoxy) is 2. The quantitative estimate of drug-likeness (QED) is 0.806. The molecule has 1 aromatic heterocycles. The van der Waals surface area contributed by atoms with E-state index in [2.05, 4.69) is 15.0 Å². The molecule has 124 valence electrons. The monoisotopic (exact) mass is 337 g/mol. The van der Waals surface area contributed by atoms with Gasteiger partial charge < -0.3 is 14.8 Å². The smallest absolute Gasteiger partial charge is 0.265 e. The van der Waals surface area contributed by atoms with E-state index < -0.39 is 10.0 Å². The fourth-order valence-corrected chi connectivity index (χ4v) is 3.17. The van der Waals surface area contributed by atoms with Gasteiger partial charge in [-0.1, -0.05) is 0 Å². The van der Waals surface area contributed by atoms with Gasteiger partial charge in [0.05, 0.1) is 26.1 Å². The molecule has 23 heavy (non-hydrogen) atoms. The van der Waals surface area contributed by atoms with Crippen molar-refractivity contribution in [2.45, 2.75) is 11.8 Å².